The second kappa shape index (κ2) is 5.99. The van der Waals surface area contributed by atoms with E-state index in [1.165, 1.54) is 0 Å². The summed E-state index contributed by atoms with van der Waals surface area (Å²) in [6.45, 7) is 0. The van der Waals surface area contributed by atoms with Gasteiger partial charge in [-0.2, -0.15) is 0 Å². The first-order chi connectivity index (χ1) is 10.5. The third kappa shape index (κ3) is 3.08. The van der Waals surface area contributed by atoms with Gasteiger partial charge in [0.15, 0.2) is 0 Å². The number of carboxylic acids is 1. The van der Waals surface area contributed by atoms with E-state index in [1.807, 2.05) is 18.2 Å². The minimum atomic E-state index is -0.890. The van der Waals surface area contributed by atoms with Crippen molar-refractivity contribution in [3.8, 4) is 0 Å². The summed E-state index contributed by atoms with van der Waals surface area (Å²) < 4.78 is 0. The number of benzene rings is 2. The van der Waals surface area contributed by atoms with Crippen LogP contribution in [0.5, 0.6) is 0 Å². The van der Waals surface area contributed by atoms with Crippen molar-refractivity contribution in [3.63, 3.8) is 0 Å². The summed E-state index contributed by atoms with van der Waals surface area (Å²) in [5, 5.41) is 10.4. The number of H-pyrrole nitrogens is 1. The Balaban J connectivity index is 2.06. The van der Waals surface area contributed by atoms with E-state index in [2.05, 4.69) is 9.97 Å². The van der Waals surface area contributed by atoms with Gasteiger partial charge in [0.1, 0.15) is 5.82 Å². The van der Waals surface area contributed by atoms with E-state index < -0.39 is 5.97 Å². The Labute approximate surface area is 136 Å². The maximum absolute atomic E-state index is 11.2. The molecule has 0 aliphatic heterocycles. The van der Waals surface area contributed by atoms with Crippen molar-refractivity contribution in [2.75, 3.05) is 0 Å². The number of carboxylic acid groups (broad SMARTS) is 1. The highest BCUT2D eigenvalue weighted by molar-refractivity contribution is 6.31. The molecule has 2 aromatic carbocycles. The highest BCUT2D eigenvalue weighted by Crippen LogP contribution is 2.29. The number of halogens is 2. The van der Waals surface area contributed by atoms with Crippen molar-refractivity contribution in [2.45, 2.75) is 12.3 Å². The number of aromatic amines is 1. The summed E-state index contributed by atoms with van der Waals surface area (Å²) in [5.41, 5.74) is 2.38. The molecule has 22 heavy (non-hydrogen) atoms. The second-order valence-electron chi connectivity index (χ2n) is 4.99. The first-order valence-electron chi connectivity index (χ1n) is 6.65. The largest absolute Gasteiger partial charge is 0.481 e. The average molecular weight is 335 g/mol. The van der Waals surface area contributed by atoms with Gasteiger partial charge in [0.2, 0.25) is 0 Å². The van der Waals surface area contributed by atoms with E-state index in [-0.39, 0.29) is 12.3 Å². The fraction of sp³-hybridized carbons (Fsp3) is 0.125. The van der Waals surface area contributed by atoms with Crippen LogP contribution in [0.4, 0.5) is 0 Å². The van der Waals surface area contributed by atoms with Crippen LogP contribution in [0.1, 0.15) is 23.7 Å². The van der Waals surface area contributed by atoms with Crippen molar-refractivity contribution < 1.29 is 9.90 Å². The molecule has 1 aromatic heterocycles. The summed E-state index contributed by atoms with van der Waals surface area (Å²) >= 11 is 11.9. The summed E-state index contributed by atoms with van der Waals surface area (Å²) in [6.07, 6.45) is -0.0603. The van der Waals surface area contributed by atoms with Gasteiger partial charge < -0.3 is 10.1 Å². The van der Waals surface area contributed by atoms with E-state index >= 15 is 0 Å². The number of nitrogens with one attached hydrogen (secondary N) is 1. The van der Waals surface area contributed by atoms with E-state index in [0.717, 1.165) is 11.1 Å². The van der Waals surface area contributed by atoms with E-state index in [9.17, 15) is 9.90 Å². The molecule has 1 unspecified atom stereocenters. The van der Waals surface area contributed by atoms with E-state index in [0.29, 0.717) is 21.4 Å². The average Bonchev–Trinajstić information content (AvgIpc) is 2.88. The van der Waals surface area contributed by atoms with Crippen molar-refractivity contribution in [1.82, 2.24) is 9.97 Å². The molecule has 0 saturated heterocycles. The standard InChI is InChI=1S/C16H12Cl2N2O2/c17-10-3-1-9(2-4-10)12(8-15(21)22)16-19-13-6-5-11(18)7-14(13)20-16/h1-7,12H,8H2,(H,19,20)(H,21,22). The van der Waals surface area contributed by atoms with Crippen LogP contribution in [0.25, 0.3) is 11.0 Å². The Bertz CT molecular complexity index is 828. The highest BCUT2D eigenvalue weighted by atomic mass is 35.5. The molecule has 0 amide bonds. The van der Waals surface area contributed by atoms with Crippen LogP contribution in [0.15, 0.2) is 42.5 Å². The topological polar surface area (TPSA) is 66.0 Å². The predicted octanol–water partition coefficient (Wildman–Crippen LogP) is 4.48. The molecule has 6 heteroatoms. The number of aliphatic carboxylic acids is 1. The maximum Gasteiger partial charge on any atom is 0.304 e. The molecule has 0 aliphatic rings. The molecule has 0 saturated carbocycles. The molecule has 4 nitrogen and oxygen atoms in total. The highest BCUT2D eigenvalue weighted by Gasteiger charge is 2.21. The van der Waals surface area contributed by atoms with Crippen LogP contribution in [0, 0.1) is 0 Å². The number of rotatable bonds is 4. The normalized spacial score (nSPS) is 12.5. The Kier molecular flexibility index (Phi) is 4.05. The number of aromatic nitrogens is 2. The third-order valence-electron chi connectivity index (χ3n) is 3.44. The van der Waals surface area contributed by atoms with Gasteiger partial charge >= 0.3 is 5.97 Å². The summed E-state index contributed by atoms with van der Waals surface area (Å²) in [5.74, 6) is -0.665. The quantitative estimate of drug-likeness (QED) is 0.739. The van der Waals surface area contributed by atoms with Gasteiger partial charge in [0.25, 0.3) is 0 Å². The number of imidazole rings is 1. The van der Waals surface area contributed by atoms with Crippen LogP contribution >= 0.6 is 23.2 Å². The number of hydrogen-bond acceptors (Lipinski definition) is 2. The lowest BCUT2D eigenvalue weighted by atomic mass is 9.95. The fourth-order valence-electron chi connectivity index (χ4n) is 2.41. The third-order valence-corrected chi connectivity index (χ3v) is 3.93. The number of hydrogen-bond donors (Lipinski definition) is 2. The minimum Gasteiger partial charge on any atom is -0.481 e. The zero-order chi connectivity index (χ0) is 15.7. The molecule has 0 bridgehead atoms. The molecule has 0 radical (unpaired) electrons. The molecule has 0 aliphatic carbocycles. The van der Waals surface area contributed by atoms with Crippen LogP contribution in [0.2, 0.25) is 10.0 Å². The first-order valence-corrected chi connectivity index (χ1v) is 7.41. The molecule has 3 rings (SSSR count). The van der Waals surface area contributed by atoms with Gasteiger partial charge in [-0.1, -0.05) is 35.3 Å². The summed E-state index contributed by atoms with van der Waals surface area (Å²) in [4.78, 5) is 18.9. The Hall–Kier alpha value is -2.04. The molecule has 112 valence electrons. The molecule has 2 N–H and O–H groups in total. The molecule has 0 fully saturated rings. The predicted molar refractivity (Wildman–Crippen MR) is 86.7 cm³/mol. The molecule has 0 spiro atoms. The smallest absolute Gasteiger partial charge is 0.304 e. The van der Waals surface area contributed by atoms with Crippen LogP contribution in [-0.2, 0) is 4.79 Å². The fourth-order valence-corrected chi connectivity index (χ4v) is 2.70. The second-order valence-corrected chi connectivity index (χ2v) is 5.86. The van der Waals surface area contributed by atoms with Gasteiger partial charge in [-0.05, 0) is 35.9 Å². The Morgan fingerprint density at radius 3 is 2.50 bits per heavy atom. The van der Waals surface area contributed by atoms with Gasteiger partial charge in [-0.25, -0.2) is 4.98 Å². The van der Waals surface area contributed by atoms with Crippen molar-refractivity contribution in [3.05, 3.63) is 63.9 Å². The Morgan fingerprint density at radius 2 is 1.82 bits per heavy atom. The molecule has 3 aromatic rings. The van der Waals surface area contributed by atoms with Gasteiger partial charge in [0.05, 0.1) is 23.4 Å². The SMILES string of the molecule is O=C(O)CC(c1ccc(Cl)cc1)c1nc2cc(Cl)ccc2[nH]1. The van der Waals surface area contributed by atoms with Gasteiger partial charge in [-0.15, -0.1) is 0 Å². The monoisotopic (exact) mass is 334 g/mol. The number of fused-ring (bicyclic) bond motifs is 1. The van der Waals surface area contributed by atoms with Crippen molar-refractivity contribution in [1.29, 1.82) is 0 Å². The Morgan fingerprint density at radius 1 is 1.14 bits per heavy atom. The summed E-state index contributed by atoms with van der Waals surface area (Å²) in [7, 11) is 0. The zero-order valence-corrected chi connectivity index (χ0v) is 12.9. The molecular formula is C16H12Cl2N2O2. The van der Waals surface area contributed by atoms with Crippen LogP contribution < -0.4 is 0 Å². The lowest BCUT2D eigenvalue weighted by Crippen LogP contribution is -2.09. The molecule has 1 heterocycles. The summed E-state index contributed by atoms with van der Waals surface area (Å²) in [6, 6.07) is 12.5. The van der Waals surface area contributed by atoms with E-state index in [4.69, 9.17) is 23.2 Å². The minimum absolute atomic E-state index is 0.0603. The van der Waals surface area contributed by atoms with Crippen molar-refractivity contribution in [2.24, 2.45) is 0 Å². The van der Waals surface area contributed by atoms with Gasteiger partial charge in [-0.3, -0.25) is 4.79 Å². The van der Waals surface area contributed by atoms with Gasteiger partial charge in [0, 0.05) is 10.0 Å². The molecular weight excluding hydrogens is 323 g/mol. The lowest BCUT2D eigenvalue weighted by molar-refractivity contribution is -0.137. The first kappa shape index (κ1) is 14.9. The van der Waals surface area contributed by atoms with Crippen LogP contribution in [-0.4, -0.2) is 21.0 Å². The van der Waals surface area contributed by atoms with Crippen LogP contribution in [0.3, 0.4) is 0 Å². The number of carbonyl (C=O) groups is 1. The van der Waals surface area contributed by atoms with E-state index in [1.54, 1.807) is 24.3 Å². The lowest BCUT2D eigenvalue weighted by Gasteiger charge is -2.12. The van der Waals surface area contributed by atoms with Crippen molar-refractivity contribution >= 4 is 40.2 Å². The zero-order valence-electron chi connectivity index (χ0n) is 11.4. The number of nitrogens with zero attached hydrogens (tertiary/aromatic N) is 1. The maximum atomic E-state index is 11.2. The molecule has 1 atom stereocenters.